The average molecular weight is 350 g/mol. The number of hydrogen-bond donors (Lipinski definition) is 1. The van der Waals surface area contributed by atoms with E-state index in [2.05, 4.69) is 11.8 Å². The first kappa shape index (κ1) is 16.2. The Morgan fingerprint density at radius 1 is 1.29 bits per heavy atom. The topological polar surface area (TPSA) is 60.9 Å². The molecule has 0 amide bonds. The van der Waals surface area contributed by atoms with Crippen LogP contribution in [0.5, 0.6) is 5.75 Å². The third kappa shape index (κ3) is 2.19. The van der Waals surface area contributed by atoms with Crippen molar-refractivity contribution in [2.24, 2.45) is 5.92 Å². The van der Waals surface area contributed by atoms with Crippen molar-refractivity contribution < 1.29 is 13.5 Å². The molecule has 1 aliphatic heterocycles. The minimum Gasteiger partial charge on any atom is -0.508 e. The van der Waals surface area contributed by atoms with Crippen LogP contribution in [0.4, 0.5) is 5.69 Å². The van der Waals surface area contributed by atoms with Crippen LogP contribution < -0.4 is 4.90 Å². The number of phenolic OH excluding ortho intramolecular Hbond substituents is 1. The lowest BCUT2D eigenvalue weighted by Gasteiger charge is -2.67. The summed E-state index contributed by atoms with van der Waals surface area (Å²) in [5.41, 5.74) is 0.929. The van der Waals surface area contributed by atoms with Gasteiger partial charge in [-0.2, -0.15) is 4.31 Å². The fourth-order valence-electron chi connectivity index (χ4n) is 4.63. The Balaban J connectivity index is 1.81. The first-order valence-electron chi connectivity index (χ1n) is 8.96. The number of aromatic hydroxyl groups is 1. The third-order valence-corrected chi connectivity index (χ3v) is 8.21. The number of rotatable bonds is 4. The van der Waals surface area contributed by atoms with Crippen molar-refractivity contribution in [1.29, 1.82) is 0 Å². The van der Waals surface area contributed by atoms with E-state index in [1.165, 1.54) is 29.6 Å². The summed E-state index contributed by atoms with van der Waals surface area (Å²) in [5.74, 6) is 0.840. The fraction of sp³-hybridized carbons (Fsp3) is 0.667. The van der Waals surface area contributed by atoms with E-state index in [0.717, 1.165) is 37.4 Å². The molecule has 1 N–H and O–H groups in total. The van der Waals surface area contributed by atoms with E-state index < -0.39 is 10.0 Å². The lowest BCUT2D eigenvalue weighted by atomic mass is 9.49. The summed E-state index contributed by atoms with van der Waals surface area (Å²) in [6.45, 7) is 2.89. The number of benzene rings is 1. The van der Waals surface area contributed by atoms with Crippen molar-refractivity contribution in [3.05, 3.63) is 18.2 Å². The standard InChI is InChI=1S/C18H26N2O3S/c1-3-4-5-14-12-20(18-9-13(10-18)11-18)16-7-6-15(21)8-17(16)24(22,23)19(14)2/h6-8,13-14,21H,3-5,9-12H2,1-2H3/t13?,14-,18?/m1/s1. The van der Waals surface area contributed by atoms with E-state index >= 15 is 0 Å². The van der Waals surface area contributed by atoms with Crippen LogP contribution in [-0.4, -0.2) is 43.0 Å². The normalized spacial score (nSPS) is 34.0. The van der Waals surface area contributed by atoms with Gasteiger partial charge in [0.25, 0.3) is 0 Å². The van der Waals surface area contributed by atoms with Crippen LogP contribution in [0, 0.1) is 5.92 Å². The molecule has 0 unspecified atom stereocenters. The van der Waals surface area contributed by atoms with Gasteiger partial charge in [0.05, 0.1) is 5.69 Å². The highest BCUT2D eigenvalue weighted by Crippen LogP contribution is 2.62. The quantitative estimate of drug-likeness (QED) is 0.907. The Labute approximate surface area is 144 Å². The molecule has 0 spiro atoms. The van der Waals surface area contributed by atoms with Crippen LogP contribution in [0.3, 0.4) is 0 Å². The summed E-state index contributed by atoms with van der Waals surface area (Å²) in [5, 5.41) is 9.87. The monoisotopic (exact) mass is 350 g/mol. The lowest BCUT2D eigenvalue weighted by molar-refractivity contribution is -0.0270. The van der Waals surface area contributed by atoms with Crippen molar-refractivity contribution in [2.45, 2.75) is 61.9 Å². The zero-order valence-corrected chi connectivity index (χ0v) is 15.2. The fourth-order valence-corrected chi connectivity index (χ4v) is 6.22. The third-order valence-electron chi connectivity index (χ3n) is 6.27. The van der Waals surface area contributed by atoms with Gasteiger partial charge in [0.1, 0.15) is 10.6 Å². The highest BCUT2D eigenvalue weighted by atomic mass is 32.2. The van der Waals surface area contributed by atoms with Gasteiger partial charge in [0, 0.05) is 31.2 Å². The molecule has 6 heteroatoms. The van der Waals surface area contributed by atoms with Crippen LogP contribution in [0.15, 0.2) is 23.1 Å². The highest BCUT2D eigenvalue weighted by Gasteiger charge is 2.61. The van der Waals surface area contributed by atoms with E-state index in [0.29, 0.717) is 0 Å². The van der Waals surface area contributed by atoms with Gasteiger partial charge in [0.2, 0.25) is 10.0 Å². The summed E-state index contributed by atoms with van der Waals surface area (Å²) in [7, 11) is -1.90. The Morgan fingerprint density at radius 2 is 2.00 bits per heavy atom. The van der Waals surface area contributed by atoms with E-state index in [9.17, 15) is 13.5 Å². The van der Waals surface area contributed by atoms with Crippen molar-refractivity contribution in [1.82, 2.24) is 4.31 Å². The second kappa shape index (κ2) is 5.36. The van der Waals surface area contributed by atoms with Crippen LogP contribution in [-0.2, 0) is 10.0 Å². The van der Waals surface area contributed by atoms with Gasteiger partial charge in [-0.1, -0.05) is 19.8 Å². The van der Waals surface area contributed by atoms with Crippen LogP contribution in [0.1, 0.15) is 45.4 Å². The number of sulfonamides is 1. The zero-order chi connectivity index (χ0) is 17.1. The molecule has 1 aromatic carbocycles. The minimum absolute atomic E-state index is 0.00952. The van der Waals surface area contributed by atoms with Crippen molar-refractivity contribution in [3.63, 3.8) is 0 Å². The second-order valence-electron chi connectivity index (χ2n) is 7.78. The summed E-state index contributed by atoms with van der Waals surface area (Å²) in [6, 6.07) is 4.80. The zero-order valence-electron chi connectivity index (χ0n) is 14.4. The molecular weight excluding hydrogens is 324 g/mol. The van der Waals surface area contributed by atoms with Crippen LogP contribution >= 0.6 is 0 Å². The van der Waals surface area contributed by atoms with E-state index in [1.807, 2.05) is 0 Å². The van der Waals surface area contributed by atoms with Gasteiger partial charge in [-0.05, 0) is 43.7 Å². The Morgan fingerprint density at radius 3 is 2.58 bits per heavy atom. The van der Waals surface area contributed by atoms with Gasteiger partial charge in [-0.3, -0.25) is 0 Å². The molecule has 0 aromatic heterocycles. The van der Waals surface area contributed by atoms with E-state index in [-0.39, 0.29) is 22.2 Å². The molecule has 3 fully saturated rings. The number of anilines is 1. The highest BCUT2D eigenvalue weighted by molar-refractivity contribution is 7.89. The number of nitrogens with zero attached hydrogens (tertiary/aromatic N) is 2. The molecule has 0 radical (unpaired) electrons. The molecule has 5 nitrogen and oxygen atoms in total. The van der Waals surface area contributed by atoms with Gasteiger partial charge in [-0.25, -0.2) is 8.42 Å². The van der Waals surface area contributed by atoms with E-state index in [4.69, 9.17) is 0 Å². The van der Waals surface area contributed by atoms with Crippen molar-refractivity contribution >= 4 is 15.7 Å². The Bertz CT molecular complexity index is 745. The summed E-state index contributed by atoms with van der Waals surface area (Å²) in [4.78, 5) is 2.61. The molecule has 3 aliphatic carbocycles. The SMILES string of the molecule is CCCC[C@@H]1CN(C23CC(C2)C3)c2ccc(O)cc2S(=O)(=O)N1C. The Hall–Kier alpha value is -1.27. The summed E-state index contributed by atoms with van der Waals surface area (Å²) in [6.07, 6.45) is 6.50. The molecule has 5 rings (SSSR count). The predicted octanol–water partition coefficient (Wildman–Crippen LogP) is 2.94. The molecule has 4 aliphatic rings. The van der Waals surface area contributed by atoms with Gasteiger partial charge in [-0.15, -0.1) is 0 Å². The molecule has 132 valence electrons. The molecular formula is C18H26N2O3S. The number of fused-ring (bicyclic) bond motifs is 1. The molecule has 2 bridgehead atoms. The Kier molecular flexibility index (Phi) is 3.62. The predicted molar refractivity (Wildman–Crippen MR) is 93.8 cm³/mol. The summed E-state index contributed by atoms with van der Waals surface area (Å²) >= 11 is 0. The molecule has 3 saturated carbocycles. The second-order valence-corrected chi connectivity index (χ2v) is 9.75. The maximum absolute atomic E-state index is 13.1. The molecule has 0 saturated heterocycles. The minimum atomic E-state index is -3.59. The number of unbranched alkanes of at least 4 members (excludes halogenated alkanes) is 1. The van der Waals surface area contributed by atoms with Crippen LogP contribution in [0.2, 0.25) is 0 Å². The first-order valence-corrected chi connectivity index (χ1v) is 10.4. The smallest absolute Gasteiger partial charge is 0.245 e. The maximum atomic E-state index is 13.1. The van der Waals surface area contributed by atoms with Crippen molar-refractivity contribution in [3.8, 4) is 5.75 Å². The summed E-state index contributed by atoms with van der Waals surface area (Å²) < 4.78 is 27.8. The first-order chi connectivity index (χ1) is 11.4. The molecule has 1 heterocycles. The van der Waals surface area contributed by atoms with Crippen LogP contribution in [0.25, 0.3) is 0 Å². The average Bonchev–Trinajstić information content (AvgIpc) is 2.52. The van der Waals surface area contributed by atoms with Gasteiger partial charge < -0.3 is 10.0 Å². The lowest BCUT2D eigenvalue weighted by Crippen LogP contribution is -2.69. The largest absolute Gasteiger partial charge is 0.508 e. The number of likely N-dealkylation sites (N-methyl/N-ethyl adjacent to an activating group) is 1. The molecule has 1 atom stereocenters. The van der Waals surface area contributed by atoms with Gasteiger partial charge >= 0.3 is 0 Å². The molecule has 1 aromatic rings. The number of hydrogen-bond acceptors (Lipinski definition) is 4. The van der Waals surface area contributed by atoms with Crippen molar-refractivity contribution in [2.75, 3.05) is 18.5 Å². The number of phenols is 1. The molecule has 24 heavy (non-hydrogen) atoms. The maximum Gasteiger partial charge on any atom is 0.245 e. The van der Waals surface area contributed by atoms with Gasteiger partial charge in [0.15, 0.2) is 0 Å². The van der Waals surface area contributed by atoms with E-state index in [1.54, 1.807) is 19.2 Å².